The molecule has 61 valence electrons. The van der Waals surface area contributed by atoms with Crippen LogP contribution in [0, 0.1) is 5.41 Å². The molecule has 0 atom stereocenters. The van der Waals surface area contributed by atoms with Crippen molar-refractivity contribution >= 4 is 12.3 Å². The van der Waals surface area contributed by atoms with Crippen LogP contribution in [0.1, 0.15) is 32.1 Å². The van der Waals surface area contributed by atoms with Gasteiger partial charge in [-0.2, -0.15) is 0 Å². The van der Waals surface area contributed by atoms with Crippen LogP contribution in [-0.4, -0.2) is 17.4 Å². The fourth-order valence-electron chi connectivity index (χ4n) is 1.51. The molecule has 0 aromatic carbocycles. The van der Waals surface area contributed by atoms with Gasteiger partial charge >= 0.3 is 5.97 Å². The molecule has 1 N–H and O–H groups in total. The summed E-state index contributed by atoms with van der Waals surface area (Å²) >= 11 is 0. The average Bonchev–Trinajstić information content (AvgIpc) is 2.05. The Morgan fingerprint density at radius 2 is 1.82 bits per heavy atom. The SMILES string of the molecule is O=[C]C1(C(=O)O)CCCCC1. The average molecular weight is 155 g/mol. The number of carbonyl (C=O) groups is 1. The first kappa shape index (κ1) is 8.24. The summed E-state index contributed by atoms with van der Waals surface area (Å²) in [6, 6.07) is 0. The van der Waals surface area contributed by atoms with E-state index in [9.17, 15) is 9.59 Å². The highest BCUT2D eigenvalue weighted by molar-refractivity contribution is 5.92. The van der Waals surface area contributed by atoms with Crippen molar-refractivity contribution in [2.45, 2.75) is 32.1 Å². The van der Waals surface area contributed by atoms with Crippen LogP contribution < -0.4 is 0 Å². The standard InChI is InChI=1S/C8H11O3/c9-6-8(7(10)11)4-2-1-3-5-8/h1-5H2,(H,10,11). The van der Waals surface area contributed by atoms with Crippen molar-refractivity contribution < 1.29 is 14.7 Å². The second-order valence-corrected chi connectivity index (χ2v) is 3.05. The molecule has 11 heavy (non-hydrogen) atoms. The van der Waals surface area contributed by atoms with Gasteiger partial charge in [-0.15, -0.1) is 0 Å². The Morgan fingerprint density at radius 3 is 2.09 bits per heavy atom. The van der Waals surface area contributed by atoms with Gasteiger partial charge in [-0.25, -0.2) is 0 Å². The Hall–Kier alpha value is -0.860. The first-order chi connectivity index (χ1) is 5.21. The van der Waals surface area contributed by atoms with E-state index in [1.54, 1.807) is 6.29 Å². The van der Waals surface area contributed by atoms with Crippen molar-refractivity contribution in [3.63, 3.8) is 0 Å². The maximum absolute atomic E-state index is 10.6. The molecule has 3 nitrogen and oxygen atoms in total. The van der Waals surface area contributed by atoms with Crippen LogP contribution in [0.3, 0.4) is 0 Å². The van der Waals surface area contributed by atoms with E-state index in [1.165, 1.54) is 0 Å². The third-order valence-corrected chi connectivity index (χ3v) is 2.31. The summed E-state index contributed by atoms with van der Waals surface area (Å²) in [6.45, 7) is 0. The number of hydrogen-bond donors (Lipinski definition) is 1. The summed E-state index contributed by atoms with van der Waals surface area (Å²) in [5.41, 5.74) is -1.17. The van der Waals surface area contributed by atoms with Crippen molar-refractivity contribution in [2.24, 2.45) is 5.41 Å². The Morgan fingerprint density at radius 1 is 1.27 bits per heavy atom. The summed E-state index contributed by atoms with van der Waals surface area (Å²) in [7, 11) is 0. The number of rotatable bonds is 2. The van der Waals surface area contributed by atoms with Gasteiger partial charge in [0.2, 0.25) is 6.29 Å². The highest BCUT2D eigenvalue weighted by Crippen LogP contribution is 2.34. The Bertz CT molecular complexity index is 168. The molecule has 1 rings (SSSR count). The van der Waals surface area contributed by atoms with Crippen LogP contribution in [0.2, 0.25) is 0 Å². The molecule has 1 radical (unpaired) electrons. The second kappa shape index (κ2) is 3.03. The lowest BCUT2D eigenvalue weighted by Gasteiger charge is -2.26. The summed E-state index contributed by atoms with van der Waals surface area (Å²) in [6.07, 6.45) is 5.30. The molecule has 0 saturated heterocycles. The fraction of sp³-hybridized carbons (Fsp3) is 0.750. The number of carboxylic acids is 1. The van der Waals surface area contributed by atoms with E-state index < -0.39 is 11.4 Å². The molecule has 0 heterocycles. The van der Waals surface area contributed by atoms with Gasteiger partial charge in [0, 0.05) is 0 Å². The molecular formula is C8H11O3. The van der Waals surface area contributed by atoms with Crippen LogP contribution in [0.4, 0.5) is 0 Å². The highest BCUT2D eigenvalue weighted by Gasteiger charge is 2.40. The lowest BCUT2D eigenvalue weighted by atomic mass is 9.75. The predicted octanol–water partition coefficient (Wildman–Crippen LogP) is 1.13. The minimum atomic E-state index is -1.17. The zero-order valence-electron chi connectivity index (χ0n) is 6.30. The third kappa shape index (κ3) is 1.42. The number of aliphatic carboxylic acids is 1. The first-order valence-electron chi connectivity index (χ1n) is 3.84. The molecule has 0 unspecified atom stereocenters. The molecule has 1 saturated carbocycles. The normalized spacial score (nSPS) is 22.5. The fourth-order valence-corrected chi connectivity index (χ4v) is 1.51. The quantitative estimate of drug-likeness (QED) is 0.608. The predicted molar refractivity (Wildman–Crippen MR) is 38.8 cm³/mol. The maximum atomic E-state index is 10.6. The molecule has 1 aliphatic carbocycles. The molecule has 0 aromatic rings. The first-order valence-corrected chi connectivity index (χ1v) is 3.84. The second-order valence-electron chi connectivity index (χ2n) is 3.05. The van der Waals surface area contributed by atoms with Gasteiger partial charge in [-0.05, 0) is 12.8 Å². The monoisotopic (exact) mass is 155 g/mol. The minimum absolute atomic E-state index is 0.464. The van der Waals surface area contributed by atoms with Crippen molar-refractivity contribution in [3.8, 4) is 0 Å². The van der Waals surface area contributed by atoms with Crippen LogP contribution in [-0.2, 0) is 9.59 Å². The smallest absolute Gasteiger partial charge is 0.317 e. The summed E-state index contributed by atoms with van der Waals surface area (Å²) in [5.74, 6) is -1.01. The van der Waals surface area contributed by atoms with Crippen molar-refractivity contribution in [1.82, 2.24) is 0 Å². The molecule has 0 aliphatic heterocycles. The molecule has 0 amide bonds. The lowest BCUT2D eigenvalue weighted by molar-refractivity contribution is -0.146. The van der Waals surface area contributed by atoms with E-state index in [4.69, 9.17) is 5.11 Å². The topological polar surface area (TPSA) is 54.4 Å². The van der Waals surface area contributed by atoms with Gasteiger partial charge in [0.15, 0.2) is 0 Å². The van der Waals surface area contributed by atoms with Gasteiger partial charge in [-0.3, -0.25) is 9.59 Å². The Balaban J connectivity index is 2.72. The number of carbonyl (C=O) groups excluding carboxylic acids is 1. The highest BCUT2D eigenvalue weighted by atomic mass is 16.4. The van der Waals surface area contributed by atoms with Crippen LogP contribution in [0.15, 0.2) is 0 Å². The van der Waals surface area contributed by atoms with Gasteiger partial charge in [0.1, 0.15) is 5.41 Å². The van der Waals surface area contributed by atoms with E-state index in [2.05, 4.69) is 0 Å². The number of hydrogen-bond acceptors (Lipinski definition) is 2. The Kier molecular flexibility index (Phi) is 2.27. The minimum Gasteiger partial charge on any atom is -0.480 e. The van der Waals surface area contributed by atoms with Crippen molar-refractivity contribution in [1.29, 1.82) is 0 Å². The third-order valence-electron chi connectivity index (χ3n) is 2.31. The molecule has 0 bridgehead atoms. The van der Waals surface area contributed by atoms with Gasteiger partial charge in [-0.1, -0.05) is 19.3 Å². The van der Waals surface area contributed by atoms with Gasteiger partial charge in [0.25, 0.3) is 0 Å². The van der Waals surface area contributed by atoms with Gasteiger partial charge in [0.05, 0.1) is 0 Å². The molecule has 1 fully saturated rings. The number of carboxylic acid groups (broad SMARTS) is 1. The van der Waals surface area contributed by atoms with E-state index in [-0.39, 0.29) is 0 Å². The molecule has 3 heteroatoms. The van der Waals surface area contributed by atoms with Crippen LogP contribution >= 0.6 is 0 Å². The Labute approximate surface area is 65.4 Å². The largest absolute Gasteiger partial charge is 0.480 e. The van der Waals surface area contributed by atoms with E-state index >= 15 is 0 Å². The van der Waals surface area contributed by atoms with Crippen molar-refractivity contribution in [2.75, 3.05) is 0 Å². The van der Waals surface area contributed by atoms with E-state index in [1.807, 2.05) is 0 Å². The summed E-state index contributed by atoms with van der Waals surface area (Å²) < 4.78 is 0. The molecular weight excluding hydrogens is 144 g/mol. The zero-order chi connectivity index (χ0) is 8.32. The van der Waals surface area contributed by atoms with E-state index in [0.717, 1.165) is 19.3 Å². The van der Waals surface area contributed by atoms with Crippen LogP contribution in [0.5, 0.6) is 0 Å². The van der Waals surface area contributed by atoms with Crippen LogP contribution in [0.25, 0.3) is 0 Å². The lowest BCUT2D eigenvalue weighted by Crippen LogP contribution is -2.34. The molecule has 1 aliphatic rings. The summed E-state index contributed by atoms with van der Waals surface area (Å²) in [5, 5.41) is 8.73. The summed E-state index contributed by atoms with van der Waals surface area (Å²) in [4.78, 5) is 21.1. The molecule has 0 spiro atoms. The molecule has 0 aromatic heterocycles. The zero-order valence-corrected chi connectivity index (χ0v) is 6.30. The van der Waals surface area contributed by atoms with E-state index in [0.29, 0.717) is 12.8 Å². The van der Waals surface area contributed by atoms with Gasteiger partial charge < -0.3 is 5.11 Å². The maximum Gasteiger partial charge on any atom is 0.317 e. The van der Waals surface area contributed by atoms with Crippen molar-refractivity contribution in [3.05, 3.63) is 0 Å².